The van der Waals surface area contributed by atoms with Gasteiger partial charge in [0.2, 0.25) is 0 Å². The lowest BCUT2D eigenvalue weighted by molar-refractivity contribution is -0.133. The van der Waals surface area contributed by atoms with E-state index in [0.717, 1.165) is 0 Å². The summed E-state index contributed by atoms with van der Waals surface area (Å²) in [5.41, 5.74) is -1.24. The summed E-state index contributed by atoms with van der Waals surface area (Å²) in [6.45, 7) is 0. The van der Waals surface area contributed by atoms with Gasteiger partial charge in [-0.3, -0.25) is 14.8 Å². The molecular weight excluding hydrogens is 354 g/mol. The minimum Gasteiger partial charge on any atom is -0.387 e. The first-order chi connectivity index (χ1) is 11.4. The zero-order valence-corrected chi connectivity index (χ0v) is 14.2. The number of aromatic nitrogens is 2. The van der Waals surface area contributed by atoms with Crippen LogP contribution in [-0.4, -0.2) is 20.9 Å². The van der Waals surface area contributed by atoms with Gasteiger partial charge < -0.3 is 5.11 Å². The number of aliphatic hydroxyl groups is 1. The van der Waals surface area contributed by atoms with Crippen molar-refractivity contribution in [3.8, 4) is 0 Å². The van der Waals surface area contributed by atoms with E-state index in [9.17, 15) is 9.90 Å². The van der Waals surface area contributed by atoms with Crippen LogP contribution in [-0.2, 0) is 16.9 Å². The average Bonchev–Trinajstić information content (AvgIpc) is 2.57. The van der Waals surface area contributed by atoms with E-state index in [1.165, 1.54) is 24.5 Å². The van der Waals surface area contributed by atoms with Crippen molar-refractivity contribution in [3.63, 3.8) is 0 Å². The van der Waals surface area contributed by atoms with Crippen molar-refractivity contribution in [1.82, 2.24) is 9.97 Å². The number of Topliss-reactive ketones (excluding diaryl/α,β-unsaturated/α-hetero) is 1. The van der Waals surface area contributed by atoms with Gasteiger partial charge in [0.15, 0.2) is 11.5 Å². The van der Waals surface area contributed by atoms with Gasteiger partial charge in [-0.15, -0.1) is 0 Å². The molecule has 1 aliphatic rings. The molecule has 0 aromatic carbocycles. The molecule has 1 aliphatic carbocycles. The van der Waals surface area contributed by atoms with E-state index in [2.05, 4.69) is 9.97 Å². The average molecular weight is 369 g/mol. The fourth-order valence-corrected chi connectivity index (χ4v) is 3.45. The number of rotatable bonds is 4. The molecule has 0 radical (unpaired) electrons. The number of fused-ring (bicyclic) bond motifs is 1. The Bertz CT molecular complexity index is 787. The predicted octanol–water partition coefficient (Wildman–Crippen LogP) is 3.98. The van der Waals surface area contributed by atoms with Crippen LogP contribution in [0.4, 0.5) is 4.39 Å². The zero-order valence-electron chi connectivity index (χ0n) is 12.7. The van der Waals surface area contributed by atoms with E-state index in [-0.39, 0.29) is 36.9 Å². The third-order valence-corrected chi connectivity index (χ3v) is 4.79. The normalized spacial score (nSPS) is 22.9. The maximum Gasteiger partial charge on any atom is 0.195 e. The summed E-state index contributed by atoms with van der Waals surface area (Å²) in [6.07, 6.45) is 2.35. The lowest BCUT2D eigenvalue weighted by atomic mass is 9.78. The molecule has 24 heavy (non-hydrogen) atoms. The van der Waals surface area contributed by atoms with Crippen LogP contribution in [0.15, 0.2) is 30.6 Å². The van der Waals surface area contributed by atoms with E-state index in [1.807, 2.05) is 0 Å². The van der Waals surface area contributed by atoms with Crippen LogP contribution in [0.2, 0.25) is 10.0 Å². The van der Waals surface area contributed by atoms with Crippen LogP contribution in [0.1, 0.15) is 42.3 Å². The Kier molecular flexibility index (Phi) is 4.85. The summed E-state index contributed by atoms with van der Waals surface area (Å²) in [5.74, 6) is -0.559. The number of alkyl halides is 1. The molecule has 7 heteroatoms. The summed E-state index contributed by atoms with van der Waals surface area (Å²) in [4.78, 5) is 20.7. The van der Waals surface area contributed by atoms with E-state index in [1.54, 1.807) is 6.07 Å². The predicted molar refractivity (Wildman–Crippen MR) is 88.8 cm³/mol. The molecule has 4 nitrogen and oxygen atoms in total. The zero-order chi connectivity index (χ0) is 17.3. The summed E-state index contributed by atoms with van der Waals surface area (Å²) in [5, 5.41) is 10.7. The fraction of sp³-hybridized carbons (Fsp3) is 0.353. The van der Waals surface area contributed by atoms with E-state index >= 15 is 4.39 Å². The quantitative estimate of drug-likeness (QED) is 0.886. The molecule has 2 aromatic rings. The lowest BCUT2D eigenvalue weighted by Gasteiger charge is -2.32. The van der Waals surface area contributed by atoms with Gasteiger partial charge in [0.05, 0.1) is 27.5 Å². The van der Waals surface area contributed by atoms with Crippen LogP contribution >= 0.6 is 23.2 Å². The van der Waals surface area contributed by atoms with E-state index in [0.29, 0.717) is 15.7 Å². The standard InChI is InChI=1S/C17H15Cl2FN2O2/c18-10-8-12(19)13(22-9-10)3-4-15(24)17(20)6-5-14(23)16-11(17)2-1-7-21-16/h1-2,7-9,14,23H,3-6H2/t14-,17-/m0/s1. The van der Waals surface area contributed by atoms with Crippen molar-refractivity contribution in [3.05, 3.63) is 57.6 Å². The van der Waals surface area contributed by atoms with Gasteiger partial charge in [-0.25, -0.2) is 4.39 Å². The van der Waals surface area contributed by atoms with Crippen molar-refractivity contribution < 1.29 is 14.3 Å². The second-order valence-electron chi connectivity index (χ2n) is 5.80. The second kappa shape index (κ2) is 6.75. The number of aryl methyl sites for hydroxylation is 1. The Labute approximate surface area is 148 Å². The van der Waals surface area contributed by atoms with E-state index in [4.69, 9.17) is 23.2 Å². The molecule has 0 amide bonds. The number of carbonyl (C=O) groups is 1. The first-order valence-corrected chi connectivity index (χ1v) is 8.33. The Morgan fingerprint density at radius 1 is 1.42 bits per heavy atom. The topological polar surface area (TPSA) is 63.1 Å². The summed E-state index contributed by atoms with van der Waals surface area (Å²) in [6, 6.07) is 4.61. The number of aliphatic hydroxyl groups excluding tert-OH is 1. The molecule has 0 bridgehead atoms. The van der Waals surface area contributed by atoms with Crippen molar-refractivity contribution in [1.29, 1.82) is 0 Å². The molecule has 3 rings (SSSR count). The van der Waals surface area contributed by atoms with Gasteiger partial charge in [0.25, 0.3) is 0 Å². The number of nitrogens with zero attached hydrogens (tertiary/aromatic N) is 2. The molecule has 0 unspecified atom stereocenters. The monoisotopic (exact) mass is 368 g/mol. The molecule has 0 saturated carbocycles. The number of carbonyl (C=O) groups excluding carboxylic acids is 1. The van der Waals surface area contributed by atoms with Gasteiger partial charge in [-0.2, -0.15) is 0 Å². The Morgan fingerprint density at radius 3 is 2.96 bits per heavy atom. The molecule has 0 spiro atoms. The minimum absolute atomic E-state index is 0.0463. The maximum atomic E-state index is 15.4. The van der Waals surface area contributed by atoms with Gasteiger partial charge in [0, 0.05) is 24.4 Å². The molecule has 2 aromatic heterocycles. The molecule has 0 fully saturated rings. The smallest absolute Gasteiger partial charge is 0.195 e. The van der Waals surface area contributed by atoms with Crippen LogP contribution in [0.25, 0.3) is 0 Å². The van der Waals surface area contributed by atoms with Gasteiger partial charge in [0.1, 0.15) is 0 Å². The van der Waals surface area contributed by atoms with Crippen molar-refractivity contribution in [2.45, 2.75) is 37.5 Å². The van der Waals surface area contributed by atoms with Crippen molar-refractivity contribution >= 4 is 29.0 Å². The first-order valence-electron chi connectivity index (χ1n) is 7.57. The second-order valence-corrected chi connectivity index (χ2v) is 6.64. The molecule has 2 heterocycles. The third kappa shape index (κ3) is 3.16. The number of hydrogen-bond acceptors (Lipinski definition) is 4. The molecule has 2 atom stereocenters. The van der Waals surface area contributed by atoms with Crippen molar-refractivity contribution in [2.24, 2.45) is 0 Å². The highest BCUT2D eigenvalue weighted by atomic mass is 35.5. The number of hydrogen-bond donors (Lipinski definition) is 1. The summed E-state index contributed by atoms with van der Waals surface area (Å²) in [7, 11) is 0. The Balaban J connectivity index is 1.81. The summed E-state index contributed by atoms with van der Waals surface area (Å²) < 4.78 is 15.4. The van der Waals surface area contributed by atoms with E-state index < -0.39 is 17.6 Å². The highest BCUT2D eigenvalue weighted by Crippen LogP contribution is 2.43. The van der Waals surface area contributed by atoms with Gasteiger partial charge in [-0.05, 0) is 31.4 Å². The largest absolute Gasteiger partial charge is 0.387 e. The minimum atomic E-state index is -2.14. The fourth-order valence-electron chi connectivity index (χ4n) is 2.97. The van der Waals surface area contributed by atoms with Crippen LogP contribution in [0.5, 0.6) is 0 Å². The van der Waals surface area contributed by atoms with Crippen LogP contribution in [0.3, 0.4) is 0 Å². The Hall–Kier alpha value is -1.56. The van der Waals surface area contributed by atoms with Gasteiger partial charge in [-0.1, -0.05) is 29.3 Å². The molecule has 0 aliphatic heterocycles. The molecule has 126 valence electrons. The SMILES string of the molecule is O=C(CCc1ncc(Cl)cc1Cl)[C@]1(F)CC[C@H](O)c2ncccc21. The summed E-state index contributed by atoms with van der Waals surface area (Å²) >= 11 is 11.8. The number of ketones is 1. The molecule has 1 N–H and O–H groups in total. The van der Waals surface area contributed by atoms with Crippen molar-refractivity contribution in [2.75, 3.05) is 0 Å². The van der Waals surface area contributed by atoms with Gasteiger partial charge >= 0.3 is 0 Å². The number of halogens is 3. The molecular formula is C17H15Cl2FN2O2. The Morgan fingerprint density at radius 2 is 2.21 bits per heavy atom. The third-order valence-electron chi connectivity index (χ3n) is 4.26. The first kappa shape index (κ1) is 17.3. The van der Waals surface area contributed by atoms with Crippen LogP contribution < -0.4 is 0 Å². The maximum absolute atomic E-state index is 15.4. The highest BCUT2D eigenvalue weighted by Gasteiger charge is 2.45. The lowest BCUT2D eigenvalue weighted by Crippen LogP contribution is -2.37. The number of pyridine rings is 2. The molecule has 0 saturated heterocycles. The highest BCUT2D eigenvalue weighted by molar-refractivity contribution is 6.34. The van der Waals surface area contributed by atoms with Crippen LogP contribution in [0, 0.1) is 0 Å².